The summed E-state index contributed by atoms with van der Waals surface area (Å²) in [7, 11) is 0. The predicted molar refractivity (Wildman–Crippen MR) is 98.5 cm³/mol. The fraction of sp³-hybridized carbons (Fsp3) is 0.478. The summed E-state index contributed by atoms with van der Waals surface area (Å²) >= 11 is 0. The standard InChI is InChI=1S/C23H24F4/c1-2-3-13-4-7-17-14(8-13)5-6-15-9-19(20(24)12-18(15)17)16-10-21(25)23(27)22(26)11-16/h9-14,17H,2-8H2,1H3. The number of rotatable bonds is 3. The lowest BCUT2D eigenvalue weighted by atomic mass is 9.64. The molecule has 0 radical (unpaired) electrons. The highest BCUT2D eigenvalue weighted by molar-refractivity contribution is 5.66. The zero-order chi connectivity index (χ0) is 19.1. The lowest BCUT2D eigenvalue weighted by Crippen LogP contribution is -2.28. The first-order valence-corrected chi connectivity index (χ1v) is 9.95. The van der Waals surface area contributed by atoms with Gasteiger partial charge in [0.15, 0.2) is 17.5 Å². The lowest BCUT2D eigenvalue weighted by Gasteiger charge is -2.41. The van der Waals surface area contributed by atoms with Crippen LogP contribution in [0, 0.1) is 35.1 Å². The van der Waals surface area contributed by atoms with Crippen molar-refractivity contribution >= 4 is 0 Å². The van der Waals surface area contributed by atoms with Gasteiger partial charge in [-0.1, -0.05) is 19.8 Å². The molecule has 0 spiro atoms. The Bertz CT molecular complexity index is 835. The Morgan fingerprint density at radius 1 is 0.889 bits per heavy atom. The molecule has 0 aromatic heterocycles. The molecule has 2 aromatic carbocycles. The van der Waals surface area contributed by atoms with Gasteiger partial charge in [0.1, 0.15) is 5.82 Å². The van der Waals surface area contributed by atoms with Gasteiger partial charge in [0.05, 0.1) is 0 Å². The minimum Gasteiger partial charge on any atom is -0.206 e. The Labute approximate surface area is 157 Å². The Morgan fingerprint density at radius 2 is 1.63 bits per heavy atom. The molecule has 27 heavy (non-hydrogen) atoms. The summed E-state index contributed by atoms with van der Waals surface area (Å²) in [5, 5.41) is 0. The van der Waals surface area contributed by atoms with Crippen LogP contribution in [0.1, 0.15) is 62.5 Å². The largest absolute Gasteiger partial charge is 0.206 e. The van der Waals surface area contributed by atoms with E-state index in [1.165, 1.54) is 25.7 Å². The van der Waals surface area contributed by atoms with Gasteiger partial charge in [-0.05, 0) is 90.8 Å². The molecule has 0 bridgehead atoms. The maximum atomic E-state index is 14.8. The molecule has 2 aliphatic rings. The van der Waals surface area contributed by atoms with Crippen molar-refractivity contribution in [2.24, 2.45) is 11.8 Å². The van der Waals surface area contributed by atoms with E-state index >= 15 is 0 Å². The first-order chi connectivity index (χ1) is 13.0. The van der Waals surface area contributed by atoms with Crippen LogP contribution < -0.4 is 0 Å². The number of halogens is 4. The summed E-state index contributed by atoms with van der Waals surface area (Å²) in [5.74, 6) is -2.83. The van der Waals surface area contributed by atoms with Gasteiger partial charge in [0.25, 0.3) is 0 Å². The van der Waals surface area contributed by atoms with Gasteiger partial charge in [0, 0.05) is 5.56 Å². The third kappa shape index (κ3) is 3.39. The van der Waals surface area contributed by atoms with E-state index in [0.717, 1.165) is 48.4 Å². The van der Waals surface area contributed by atoms with E-state index in [0.29, 0.717) is 11.8 Å². The molecule has 2 aliphatic carbocycles. The van der Waals surface area contributed by atoms with Crippen LogP contribution in [-0.4, -0.2) is 0 Å². The van der Waals surface area contributed by atoms with Crippen molar-refractivity contribution in [1.29, 1.82) is 0 Å². The van der Waals surface area contributed by atoms with E-state index in [4.69, 9.17) is 0 Å². The maximum Gasteiger partial charge on any atom is 0.194 e. The highest BCUT2D eigenvalue weighted by Gasteiger charge is 2.35. The molecular weight excluding hydrogens is 352 g/mol. The molecule has 0 amide bonds. The minimum atomic E-state index is -1.52. The molecule has 4 rings (SSSR count). The van der Waals surface area contributed by atoms with Crippen molar-refractivity contribution in [1.82, 2.24) is 0 Å². The number of hydrogen-bond acceptors (Lipinski definition) is 0. The van der Waals surface area contributed by atoms with Gasteiger partial charge in [-0.3, -0.25) is 0 Å². The molecule has 0 N–H and O–H groups in total. The van der Waals surface area contributed by atoms with Crippen molar-refractivity contribution in [2.75, 3.05) is 0 Å². The van der Waals surface area contributed by atoms with Crippen LogP contribution >= 0.6 is 0 Å². The van der Waals surface area contributed by atoms with Gasteiger partial charge in [-0.15, -0.1) is 0 Å². The zero-order valence-corrected chi connectivity index (χ0v) is 15.5. The number of hydrogen-bond donors (Lipinski definition) is 0. The second kappa shape index (κ2) is 7.29. The second-order valence-electron chi connectivity index (χ2n) is 8.16. The van der Waals surface area contributed by atoms with Crippen molar-refractivity contribution in [3.05, 3.63) is 58.7 Å². The van der Waals surface area contributed by atoms with Crippen LogP contribution in [0.25, 0.3) is 11.1 Å². The SMILES string of the molecule is CCCC1CCC2c3cc(F)c(-c4cc(F)c(F)c(F)c4)cc3CCC2C1. The van der Waals surface area contributed by atoms with Crippen LogP contribution in [-0.2, 0) is 6.42 Å². The normalized spacial score (nSPS) is 24.4. The quantitative estimate of drug-likeness (QED) is 0.394. The number of aryl methyl sites for hydroxylation is 1. The molecule has 144 valence electrons. The average Bonchev–Trinajstić information content (AvgIpc) is 2.65. The van der Waals surface area contributed by atoms with E-state index in [2.05, 4.69) is 6.92 Å². The molecule has 3 atom stereocenters. The van der Waals surface area contributed by atoms with Crippen LogP contribution in [0.2, 0.25) is 0 Å². The van der Waals surface area contributed by atoms with Gasteiger partial charge in [0.2, 0.25) is 0 Å². The average molecular weight is 376 g/mol. The van der Waals surface area contributed by atoms with Crippen molar-refractivity contribution in [3.8, 4) is 11.1 Å². The fourth-order valence-corrected chi connectivity index (χ4v) is 5.23. The highest BCUT2D eigenvalue weighted by atomic mass is 19.2. The Hall–Kier alpha value is -1.84. The molecule has 0 saturated heterocycles. The van der Waals surface area contributed by atoms with Crippen LogP contribution in [0.4, 0.5) is 17.6 Å². The molecule has 1 saturated carbocycles. The third-order valence-electron chi connectivity index (χ3n) is 6.50. The fourth-order valence-electron chi connectivity index (χ4n) is 5.23. The summed E-state index contributed by atoms with van der Waals surface area (Å²) in [6.07, 6.45) is 7.90. The van der Waals surface area contributed by atoms with Crippen LogP contribution in [0.3, 0.4) is 0 Å². The lowest BCUT2D eigenvalue weighted by molar-refractivity contribution is 0.201. The molecule has 0 heterocycles. The van der Waals surface area contributed by atoms with Crippen LogP contribution in [0.5, 0.6) is 0 Å². The molecule has 0 aliphatic heterocycles. The van der Waals surface area contributed by atoms with Crippen LogP contribution in [0.15, 0.2) is 24.3 Å². The first kappa shape index (κ1) is 18.5. The molecule has 4 heteroatoms. The summed E-state index contributed by atoms with van der Waals surface area (Å²) in [6, 6.07) is 5.00. The van der Waals surface area contributed by atoms with Crippen molar-refractivity contribution < 1.29 is 17.6 Å². The zero-order valence-electron chi connectivity index (χ0n) is 15.5. The smallest absolute Gasteiger partial charge is 0.194 e. The second-order valence-corrected chi connectivity index (χ2v) is 8.16. The van der Waals surface area contributed by atoms with E-state index in [1.807, 2.05) is 0 Å². The summed E-state index contributed by atoms with van der Waals surface area (Å²) < 4.78 is 55.2. The Kier molecular flexibility index (Phi) is 5.00. The van der Waals surface area contributed by atoms with Gasteiger partial charge < -0.3 is 0 Å². The third-order valence-corrected chi connectivity index (χ3v) is 6.50. The maximum absolute atomic E-state index is 14.8. The minimum absolute atomic E-state index is 0.0421. The summed E-state index contributed by atoms with van der Waals surface area (Å²) in [5.41, 5.74) is 2.31. The van der Waals surface area contributed by atoms with E-state index < -0.39 is 23.3 Å². The number of benzene rings is 2. The van der Waals surface area contributed by atoms with Gasteiger partial charge in [-0.25, -0.2) is 17.6 Å². The molecule has 2 aromatic rings. The monoisotopic (exact) mass is 376 g/mol. The predicted octanol–water partition coefficient (Wildman–Crippen LogP) is 7.16. The van der Waals surface area contributed by atoms with E-state index in [9.17, 15) is 17.6 Å². The Balaban J connectivity index is 1.67. The van der Waals surface area contributed by atoms with Gasteiger partial charge >= 0.3 is 0 Å². The summed E-state index contributed by atoms with van der Waals surface area (Å²) in [6.45, 7) is 2.22. The topological polar surface area (TPSA) is 0 Å². The summed E-state index contributed by atoms with van der Waals surface area (Å²) in [4.78, 5) is 0. The molecule has 0 nitrogen and oxygen atoms in total. The van der Waals surface area contributed by atoms with E-state index in [-0.39, 0.29) is 11.1 Å². The van der Waals surface area contributed by atoms with Crippen molar-refractivity contribution in [2.45, 2.75) is 57.8 Å². The van der Waals surface area contributed by atoms with E-state index in [1.54, 1.807) is 12.1 Å². The molecule has 1 fully saturated rings. The highest BCUT2D eigenvalue weighted by Crippen LogP contribution is 2.48. The van der Waals surface area contributed by atoms with Gasteiger partial charge in [-0.2, -0.15) is 0 Å². The first-order valence-electron chi connectivity index (χ1n) is 9.95. The molecule has 3 unspecified atom stereocenters. The molecular formula is C23H24F4. The number of fused-ring (bicyclic) bond motifs is 3. The Morgan fingerprint density at radius 3 is 2.33 bits per heavy atom. The van der Waals surface area contributed by atoms with Crippen molar-refractivity contribution in [3.63, 3.8) is 0 Å².